The van der Waals surface area contributed by atoms with Crippen molar-refractivity contribution in [3.8, 4) is 0 Å². The number of hydrogen-bond acceptors (Lipinski definition) is 3. The SMILES string of the molecule is Cc1ccc(N)cc1.Cc1ccc([N+](=O)[O-])cc1.P.[HH]. The standard InChI is InChI=1S/C7H7NO2.C7H9N.H3P.H2/c1-6-2-4-7(5-3-6)8(9)10;1-6-2-4-7(8)5-3-6;;/h2-5H,1H3;2-5H,8H2,1H3;1H3;1H. The molecule has 0 bridgehead atoms. The fraction of sp³-hybridized carbons (Fsp3) is 0.143. The van der Waals surface area contributed by atoms with Gasteiger partial charge >= 0.3 is 0 Å². The van der Waals surface area contributed by atoms with Crippen molar-refractivity contribution < 1.29 is 6.35 Å². The van der Waals surface area contributed by atoms with Crippen LogP contribution in [0.4, 0.5) is 11.4 Å². The molecule has 1 atom stereocenters. The van der Waals surface area contributed by atoms with E-state index in [0.29, 0.717) is 0 Å². The highest BCUT2D eigenvalue weighted by Crippen LogP contribution is 2.10. The highest BCUT2D eigenvalue weighted by molar-refractivity contribution is 6.92. The average molecular weight is 280 g/mol. The Bertz CT molecular complexity index is 495. The summed E-state index contributed by atoms with van der Waals surface area (Å²) in [5.74, 6) is 0. The molecule has 0 spiro atoms. The van der Waals surface area contributed by atoms with E-state index in [-0.39, 0.29) is 17.0 Å². The molecule has 1 unspecified atom stereocenters. The minimum atomic E-state index is -0.403. The van der Waals surface area contributed by atoms with Crippen LogP contribution in [0.5, 0.6) is 0 Å². The fourth-order valence-electron chi connectivity index (χ4n) is 1.23. The van der Waals surface area contributed by atoms with Crippen molar-refractivity contribution in [2.75, 3.05) is 5.73 Å². The summed E-state index contributed by atoms with van der Waals surface area (Å²) in [6.45, 7) is 3.93. The zero-order chi connectivity index (χ0) is 13.5. The number of non-ortho nitro benzene ring substituents is 1. The quantitative estimate of drug-likeness (QED) is 0.374. The van der Waals surface area contributed by atoms with E-state index in [1.807, 2.05) is 38.1 Å². The predicted octanol–water partition coefficient (Wildman–Crippen LogP) is 3.78. The number of nitrogens with zero attached hydrogens (tertiary/aromatic N) is 1. The van der Waals surface area contributed by atoms with Gasteiger partial charge in [-0.15, -0.1) is 0 Å². The first-order valence-corrected chi connectivity index (χ1v) is 5.52. The number of aryl methyl sites for hydroxylation is 2. The lowest BCUT2D eigenvalue weighted by molar-refractivity contribution is -0.384. The first-order chi connectivity index (χ1) is 8.49. The van der Waals surface area contributed by atoms with E-state index < -0.39 is 4.92 Å². The van der Waals surface area contributed by atoms with Crippen LogP contribution >= 0.6 is 9.90 Å². The number of anilines is 1. The van der Waals surface area contributed by atoms with Crippen LogP contribution in [0.1, 0.15) is 12.6 Å². The monoisotopic (exact) mass is 280 g/mol. The third-order valence-corrected chi connectivity index (χ3v) is 2.32. The molecular formula is C14H21N2O2P. The molecule has 5 heteroatoms. The molecular weight excluding hydrogens is 259 g/mol. The summed E-state index contributed by atoms with van der Waals surface area (Å²) < 4.78 is 0. The zero-order valence-electron chi connectivity index (χ0n) is 11.2. The van der Waals surface area contributed by atoms with E-state index in [0.717, 1.165) is 11.3 Å². The van der Waals surface area contributed by atoms with Gasteiger partial charge in [-0.2, -0.15) is 9.90 Å². The van der Waals surface area contributed by atoms with Gasteiger partial charge in [-0.05, 0) is 26.0 Å². The van der Waals surface area contributed by atoms with Gasteiger partial charge in [-0.1, -0.05) is 35.4 Å². The Hall–Kier alpha value is -1.93. The van der Waals surface area contributed by atoms with Crippen LogP contribution in [0.15, 0.2) is 48.5 Å². The van der Waals surface area contributed by atoms with Crippen molar-refractivity contribution in [1.82, 2.24) is 0 Å². The fourth-order valence-corrected chi connectivity index (χ4v) is 1.23. The van der Waals surface area contributed by atoms with Crippen LogP contribution in [0.2, 0.25) is 0 Å². The van der Waals surface area contributed by atoms with E-state index >= 15 is 0 Å². The molecule has 4 nitrogen and oxygen atoms in total. The summed E-state index contributed by atoms with van der Waals surface area (Å²) in [6.07, 6.45) is 0. The van der Waals surface area contributed by atoms with Gasteiger partial charge < -0.3 is 5.73 Å². The average Bonchev–Trinajstić information content (AvgIpc) is 2.34. The Balaban J connectivity index is 0. The van der Waals surface area contributed by atoms with E-state index in [2.05, 4.69) is 0 Å². The number of nitrogens with two attached hydrogens (primary N) is 1. The minimum absolute atomic E-state index is 0. The molecule has 0 saturated heterocycles. The number of benzene rings is 2. The first-order valence-electron chi connectivity index (χ1n) is 5.52. The second-order valence-electron chi connectivity index (χ2n) is 4.00. The van der Waals surface area contributed by atoms with E-state index in [4.69, 9.17) is 5.73 Å². The number of rotatable bonds is 1. The maximum Gasteiger partial charge on any atom is 0.269 e. The Morgan fingerprint density at radius 1 is 0.947 bits per heavy atom. The molecule has 0 radical (unpaired) electrons. The topological polar surface area (TPSA) is 69.2 Å². The summed E-state index contributed by atoms with van der Waals surface area (Å²) in [5, 5.41) is 10.1. The molecule has 0 fully saturated rings. The maximum absolute atomic E-state index is 10.1. The van der Waals surface area contributed by atoms with Gasteiger partial charge in [-0.3, -0.25) is 10.1 Å². The van der Waals surface area contributed by atoms with Crippen molar-refractivity contribution in [3.63, 3.8) is 0 Å². The largest absolute Gasteiger partial charge is 0.399 e. The molecule has 19 heavy (non-hydrogen) atoms. The van der Waals surface area contributed by atoms with Crippen LogP contribution < -0.4 is 5.73 Å². The molecule has 0 aliphatic heterocycles. The van der Waals surface area contributed by atoms with Crippen molar-refractivity contribution in [3.05, 3.63) is 69.8 Å². The third kappa shape index (κ3) is 6.53. The summed E-state index contributed by atoms with van der Waals surface area (Å²) in [4.78, 5) is 9.71. The molecule has 2 aromatic rings. The maximum atomic E-state index is 10.1. The third-order valence-electron chi connectivity index (χ3n) is 2.32. The van der Waals surface area contributed by atoms with Gasteiger partial charge in [0.15, 0.2) is 0 Å². The molecule has 0 heterocycles. The van der Waals surface area contributed by atoms with Gasteiger partial charge in [0, 0.05) is 19.2 Å². The highest BCUT2D eigenvalue weighted by atomic mass is 31.0. The lowest BCUT2D eigenvalue weighted by Gasteiger charge is -1.90. The van der Waals surface area contributed by atoms with Crippen LogP contribution in [-0.4, -0.2) is 4.92 Å². The van der Waals surface area contributed by atoms with Crippen LogP contribution in [0, 0.1) is 24.0 Å². The molecule has 2 aromatic carbocycles. The summed E-state index contributed by atoms with van der Waals surface area (Å²) in [5.41, 5.74) is 8.68. The molecule has 0 saturated carbocycles. The summed E-state index contributed by atoms with van der Waals surface area (Å²) >= 11 is 0. The Kier molecular flexibility index (Phi) is 7.39. The zero-order valence-corrected chi connectivity index (χ0v) is 12.6. The summed E-state index contributed by atoms with van der Waals surface area (Å²) in [7, 11) is 0. The molecule has 0 aromatic heterocycles. The molecule has 2 rings (SSSR count). The molecule has 104 valence electrons. The number of nitrogen functional groups attached to an aromatic ring is 1. The number of nitro benzene ring substituents is 1. The van der Waals surface area contributed by atoms with Gasteiger partial charge in [0.1, 0.15) is 0 Å². The van der Waals surface area contributed by atoms with Crippen LogP contribution in [0.3, 0.4) is 0 Å². The second-order valence-corrected chi connectivity index (χ2v) is 4.00. The lowest BCUT2D eigenvalue weighted by atomic mass is 10.2. The molecule has 0 aliphatic rings. The predicted molar refractivity (Wildman–Crippen MR) is 86.6 cm³/mol. The van der Waals surface area contributed by atoms with Gasteiger partial charge in [0.05, 0.1) is 4.92 Å². The lowest BCUT2D eigenvalue weighted by Crippen LogP contribution is -1.86. The molecule has 0 amide bonds. The van der Waals surface area contributed by atoms with Crippen LogP contribution in [-0.2, 0) is 0 Å². The second kappa shape index (κ2) is 8.22. The van der Waals surface area contributed by atoms with E-state index in [1.54, 1.807) is 12.1 Å². The smallest absolute Gasteiger partial charge is 0.269 e. The van der Waals surface area contributed by atoms with E-state index in [9.17, 15) is 10.1 Å². The van der Waals surface area contributed by atoms with Crippen molar-refractivity contribution in [1.29, 1.82) is 0 Å². The van der Waals surface area contributed by atoms with Gasteiger partial charge in [-0.25, -0.2) is 0 Å². The van der Waals surface area contributed by atoms with Gasteiger partial charge in [0.2, 0.25) is 0 Å². The Labute approximate surface area is 117 Å². The van der Waals surface area contributed by atoms with Crippen LogP contribution in [0.25, 0.3) is 0 Å². The van der Waals surface area contributed by atoms with Crippen molar-refractivity contribution in [2.45, 2.75) is 13.8 Å². The van der Waals surface area contributed by atoms with Crippen molar-refractivity contribution in [2.24, 2.45) is 0 Å². The summed E-state index contributed by atoms with van der Waals surface area (Å²) in [6, 6.07) is 14.2. The highest BCUT2D eigenvalue weighted by Gasteiger charge is 2.00. The first kappa shape index (κ1) is 17.1. The number of nitro groups is 1. The Morgan fingerprint density at radius 3 is 1.63 bits per heavy atom. The van der Waals surface area contributed by atoms with E-state index in [1.165, 1.54) is 17.7 Å². The molecule has 2 N–H and O–H groups in total. The Morgan fingerprint density at radius 2 is 1.32 bits per heavy atom. The normalized spacial score (nSPS) is 8.74. The number of hydrogen-bond donors (Lipinski definition) is 1. The molecule has 0 aliphatic carbocycles. The van der Waals surface area contributed by atoms with Crippen molar-refractivity contribution >= 4 is 21.3 Å². The van der Waals surface area contributed by atoms with Gasteiger partial charge in [0.25, 0.3) is 5.69 Å². The minimum Gasteiger partial charge on any atom is -0.399 e.